The van der Waals surface area contributed by atoms with Crippen LogP contribution in [0.25, 0.3) is 0 Å². The molecule has 0 radical (unpaired) electrons. The highest BCUT2D eigenvalue weighted by Crippen LogP contribution is 2.31. The van der Waals surface area contributed by atoms with Crippen LogP contribution in [-0.2, 0) is 21.5 Å². The van der Waals surface area contributed by atoms with E-state index in [4.69, 9.17) is 4.74 Å². The van der Waals surface area contributed by atoms with Crippen LogP contribution in [0.3, 0.4) is 0 Å². The lowest BCUT2D eigenvalue weighted by molar-refractivity contribution is -0.143. The van der Waals surface area contributed by atoms with Gasteiger partial charge in [0, 0.05) is 12.6 Å². The molecule has 2 aromatic carbocycles. The summed E-state index contributed by atoms with van der Waals surface area (Å²) in [5.74, 6) is 0.344. The van der Waals surface area contributed by atoms with Crippen molar-refractivity contribution in [3.8, 4) is 5.75 Å². The Morgan fingerprint density at radius 3 is 2.43 bits per heavy atom. The molecule has 0 heterocycles. The molecule has 35 heavy (non-hydrogen) atoms. The molecule has 5 nitrogen and oxygen atoms in total. The number of amides is 2. The van der Waals surface area contributed by atoms with Crippen LogP contribution in [0, 0.1) is 6.92 Å². The minimum Gasteiger partial charge on any atom is -0.483 e. The zero-order chi connectivity index (χ0) is 25.6. The Labute approximate surface area is 218 Å². The summed E-state index contributed by atoms with van der Waals surface area (Å²) < 4.78 is 6.77. The quantitative estimate of drug-likeness (QED) is 0.404. The van der Waals surface area contributed by atoms with Crippen molar-refractivity contribution in [1.29, 1.82) is 0 Å². The number of nitrogens with zero attached hydrogens (tertiary/aromatic N) is 1. The smallest absolute Gasteiger partial charge is 0.261 e. The molecule has 2 aromatic rings. The van der Waals surface area contributed by atoms with Crippen LogP contribution in [0.4, 0.5) is 0 Å². The SMILES string of the molecule is CC[C@@H](C(=O)NC1CCCC1)N(Cc1ccccc1C)C(=O)COc1ccc(C(C)(C)C)cc1Br. The Bertz CT molecular complexity index is 1020. The van der Waals surface area contributed by atoms with Gasteiger partial charge < -0.3 is 15.0 Å². The van der Waals surface area contributed by atoms with E-state index in [2.05, 4.69) is 42.0 Å². The van der Waals surface area contributed by atoms with Crippen LogP contribution in [-0.4, -0.2) is 35.4 Å². The first-order valence-corrected chi connectivity index (χ1v) is 13.5. The summed E-state index contributed by atoms with van der Waals surface area (Å²) in [5.41, 5.74) is 3.32. The fourth-order valence-electron chi connectivity index (χ4n) is 4.56. The minimum absolute atomic E-state index is 0.0161. The van der Waals surface area contributed by atoms with E-state index < -0.39 is 6.04 Å². The zero-order valence-electron chi connectivity index (χ0n) is 21.7. The van der Waals surface area contributed by atoms with E-state index in [-0.39, 0.29) is 29.9 Å². The van der Waals surface area contributed by atoms with Gasteiger partial charge in [-0.15, -0.1) is 0 Å². The first-order valence-electron chi connectivity index (χ1n) is 12.7. The summed E-state index contributed by atoms with van der Waals surface area (Å²) in [4.78, 5) is 28.5. The number of nitrogens with one attached hydrogen (secondary N) is 1. The van der Waals surface area contributed by atoms with Crippen molar-refractivity contribution >= 4 is 27.7 Å². The molecule has 0 saturated heterocycles. The molecule has 0 unspecified atom stereocenters. The van der Waals surface area contributed by atoms with Crippen molar-refractivity contribution in [2.75, 3.05) is 6.61 Å². The molecule has 1 fully saturated rings. The highest BCUT2D eigenvalue weighted by Gasteiger charge is 2.31. The first kappa shape index (κ1) is 27.3. The van der Waals surface area contributed by atoms with Gasteiger partial charge >= 0.3 is 0 Å². The average molecular weight is 544 g/mol. The van der Waals surface area contributed by atoms with Gasteiger partial charge in [-0.1, -0.05) is 70.9 Å². The number of hydrogen-bond acceptors (Lipinski definition) is 3. The van der Waals surface area contributed by atoms with Gasteiger partial charge in [-0.25, -0.2) is 0 Å². The Kier molecular flexibility index (Phi) is 9.40. The summed E-state index contributed by atoms with van der Waals surface area (Å²) in [6.45, 7) is 10.7. The number of aryl methyl sites for hydroxylation is 1. The fraction of sp³-hybridized carbons (Fsp3) is 0.517. The third kappa shape index (κ3) is 7.33. The van der Waals surface area contributed by atoms with Gasteiger partial charge in [0.05, 0.1) is 4.47 Å². The normalized spacial score (nSPS) is 15.0. The van der Waals surface area contributed by atoms with Crippen molar-refractivity contribution in [3.63, 3.8) is 0 Å². The summed E-state index contributed by atoms with van der Waals surface area (Å²) in [5, 5.41) is 3.19. The number of carbonyl (C=O) groups is 2. The predicted molar refractivity (Wildman–Crippen MR) is 145 cm³/mol. The Hall–Kier alpha value is -2.34. The van der Waals surface area contributed by atoms with Crippen LogP contribution in [0.2, 0.25) is 0 Å². The molecule has 0 spiro atoms. The van der Waals surface area contributed by atoms with Crippen molar-refractivity contribution in [2.45, 2.75) is 90.8 Å². The molecule has 3 rings (SSSR count). The third-order valence-electron chi connectivity index (χ3n) is 6.84. The molecule has 0 aliphatic heterocycles. The molecule has 1 aliphatic rings. The number of ether oxygens (including phenoxy) is 1. The van der Waals surface area contributed by atoms with Gasteiger partial charge in [0.2, 0.25) is 5.91 Å². The lowest BCUT2D eigenvalue weighted by Gasteiger charge is -2.32. The second-order valence-corrected chi connectivity index (χ2v) is 11.4. The average Bonchev–Trinajstić information content (AvgIpc) is 3.31. The van der Waals surface area contributed by atoms with Crippen LogP contribution in [0.1, 0.15) is 76.5 Å². The summed E-state index contributed by atoms with van der Waals surface area (Å²) in [7, 11) is 0. The van der Waals surface area contributed by atoms with Crippen LogP contribution >= 0.6 is 15.9 Å². The van der Waals surface area contributed by atoms with Gasteiger partial charge in [0.25, 0.3) is 5.91 Å². The van der Waals surface area contributed by atoms with Gasteiger partial charge in [0.1, 0.15) is 11.8 Å². The van der Waals surface area contributed by atoms with Crippen LogP contribution in [0.15, 0.2) is 46.9 Å². The number of rotatable bonds is 9. The van der Waals surface area contributed by atoms with Crippen LogP contribution < -0.4 is 10.1 Å². The van der Waals surface area contributed by atoms with Crippen molar-refractivity contribution in [3.05, 3.63) is 63.6 Å². The van der Waals surface area contributed by atoms with Gasteiger partial charge in [0.15, 0.2) is 6.61 Å². The number of carbonyl (C=O) groups excluding carboxylic acids is 2. The number of benzene rings is 2. The molecule has 0 aromatic heterocycles. The minimum atomic E-state index is -0.544. The monoisotopic (exact) mass is 542 g/mol. The number of hydrogen-bond donors (Lipinski definition) is 1. The molecule has 6 heteroatoms. The maximum absolute atomic E-state index is 13.5. The molecule has 1 aliphatic carbocycles. The maximum Gasteiger partial charge on any atom is 0.261 e. The second-order valence-electron chi connectivity index (χ2n) is 10.5. The topological polar surface area (TPSA) is 58.6 Å². The first-order chi connectivity index (χ1) is 16.6. The summed E-state index contributed by atoms with van der Waals surface area (Å²) >= 11 is 3.59. The van der Waals surface area contributed by atoms with Crippen LogP contribution in [0.5, 0.6) is 5.75 Å². The number of halogens is 1. The highest BCUT2D eigenvalue weighted by molar-refractivity contribution is 9.10. The lowest BCUT2D eigenvalue weighted by Crippen LogP contribution is -2.52. The van der Waals surface area contributed by atoms with Gasteiger partial charge in [-0.2, -0.15) is 0 Å². The summed E-state index contributed by atoms with van der Waals surface area (Å²) in [6.07, 6.45) is 4.85. The molecule has 1 saturated carbocycles. The standard InChI is InChI=1S/C29H39BrN2O3/c1-6-25(28(34)31-23-13-9-10-14-23)32(18-21-12-8-7-11-20(21)2)27(33)19-35-26-16-15-22(17-24(26)30)29(3,4)5/h7-8,11-12,15-17,23,25H,6,9-10,13-14,18-19H2,1-5H3,(H,31,34)/t25-/m0/s1. The molecule has 2 amide bonds. The summed E-state index contributed by atoms with van der Waals surface area (Å²) in [6, 6.07) is 13.6. The molecule has 190 valence electrons. The lowest BCUT2D eigenvalue weighted by atomic mass is 9.87. The molecular weight excluding hydrogens is 504 g/mol. The van der Waals surface area contributed by atoms with Crippen molar-refractivity contribution < 1.29 is 14.3 Å². The highest BCUT2D eigenvalue weighted by atomic mass is 79.9. The zero-order valence-corrected chi connectivity index (χ0v) is 23.3. The van der Waals surface area contributed by atoms with Crippen molar-refractivity contribution in [2.24, 2.45) is 0 Å². The van der Waals surface area contributed by atoms with Gasteiger partial charge in [-0.3, -0.25) is 9.59 Å². The Morgan fingerprint density at radius 2 is 1.83 bits per heavy atom. The second kappa shape index (κ2) is 12.1. The van der Waals surface area contributed by atoms with Crippen molar-refractivity contribution in [1.82, 2.24) is 10.2 Å². The fourth-order valence-corrected chi connectivity index (χ4v) is 5.06. The predicted octanol–water partition coefficient (Wildman–Crippen LogP) is 6.30. The van der Waals surface area contributed by atoms with E-state index in [1.165, 1.54) is 5.56 Å². The molecular formula is C29H39BrN2O3. The van der Waals surface area contributed by atoms with E-state index in [1.54, 1.807) is 4.90 Å². The van der Waals surface area contributed by atoms with E-state index in [9.17, 15) is 9.59 Å². The van der Waals surface area contributed by atoms with E-state index >= 15 is 0 Å². The molecule has 1 N–H and O–H groups in total. The van der Waals surface area contributed by atoms with E-state index in [0.717, 1.165) is 41.3 Å². The van der Waals surface area contributed by atoms with E-state index in [0.29, 0.717) is 18.7 Å². The Morgan fingerprint density at radius 1 is 1.14 bits per heavy atom. The third-order valence-corrected chi connectivity index (χ3v) is 7.46. The molecule has 0 bridgehead atoms. The Balaban J connectivity index is 1.78. The van der Waals surface area contributed by atoms with Gasteiger partial charge in [-0.05, 0) is 76.4 Å². The maximum atomic E-state index is 13.5. The molecule has 1 atom stereocenters. The van der Waals surface area contributed by atoms with E-state index in [1.807, 2.05) is 56.3 Å². The largest absolute Gasteiger partial charge is 0.483 e.